The van der Waals surface area contributed by atoms with Crippen molar-refractivity contribution in [3.05, 3.63) is 40.4 Å². The van der Waals surface area contributed by atoms with Gasteiger partial charge >= 0.3 is 0 Å². The number of methoxy groups -OCH3 is 1. The highest BCUT2D eigenvalue weighted by molar-refractivity contribution is 5.77. The maximum atomic E-state index is 11.9. The van der Waals surface area contributed by atoms with Crippen LogP contribution in [-0.2, 0) is 4.74 Å². The Labute approximate surface area is 105 Å². The van der Waals surface area contributed by atoms with Gasteiger partial charge in [-0.25, -0.2) is 4.98 Å². The molecule has 0 aliphatic carbocycles. The number of nitrogens with one attached hydrogen (secondary N) is 1. The minimum Gasteiger partial charge on any atom is -0.379 e. The molecular formula is C13H18N3O2+. The molecule has 0 spiro atoms. The zero-order valence-electron chi connectivity index (χ0n) is 10.6. The van der Waals surface area contributed by atoms with Crippen LogP contribution in [0.15, 0.2) is 29.1 Å². The lowest BCUT2D eigenvalue weighted by atomic mass is 10.2. The normalized spacial score (nSPS) is 12.8. The van der Waals surface area contributed by atoms with Crippen molar-refractivity contribution in [1.29, 1.82) is 0 Å². The van der Waals surface area contributed by atoms with Gasteiger partial charge < -0.3 is 15.0 Å². The summed E-state index contributed by atoms with van der Waals surface area (Å²) in [7, 11) is 1.68. The van der Waals surface area contributed by atoms with E-state index in [1.807, 2.05) is 25.1 Å². The van der Waals surface area contributed by atoms with Gasteiger partial charge in [0.15, 0.2) is 5.82 Å². The summed E-state index contributed by atoms with van der Waals surface area (Å²) in [6.07, 6.45) is 0. The van der Waals surface area contributed by atoms with E-state index in [0.29, 0.717) is 17.8 Å². The summed E-state index contributed by atoms with van der Waals surface area (Å²) in [4.78, 5) is 19.2. The SMILES string of the molecule is COCC[NH2+][C@@H](C)c1nc2ccccc2c(=O)[nH]1. The van der Waals surface area contributed by atoms with E-state index in [1.54, 1.807) is 13.2 Å². The number of nitrogens with two attached hydrogens (primary N) is 1. The maximum Gasteiger partial charge on any atom is 0.258 e. The van der Waals surface area contributed by atoms with E-state index in [0.717, 1.165) is 12.1 Å². The fourth-order valence-corrected chi connectivity index (χ4v) is 1.87. The van der Waals surface area contributed by atoms with E-state index in [9.17, 15) is 4.79 Å². The van der Waals surface area contributed by atoms with Gasteiger partial charge in [-0.1, -0.05) is 12.1 Å². The second-order valence-electron chi connectivity index (χ2n) is 4.27. The molecule has 18 heavy (non-hydrogen) atoms. The molecule has 5 heteroatoms. The number of H-pyrrole nitrogens is 1. The van der Waals surface area contributed by atoms with Gasteiger partial charge in [0.25, 0.3) is 5.56 Å². The van der Waals surface area contributed by atoms with Gasteiger partial charge in [-0.3, -0.25) is 4.79 Å². The second kappa shape index (κ2) is 5.75. The Morgan fingerprint density at radius 2 is 2.22 bits per heavy atom. The molecule has 1 aromatic carbocycles. The summed E-state index contributed by atoms with van der Waals surface area (Å²) < 4.78 is 5.00. The largest absolute Gasteiger partial charge is 0.379 e. The zero-order chi connectivity index (χ0) is 13.0. The first kappa shape index (κ1) is 12.7. The molecule has 5 nitrogen and oxygen atoms in total. The van der Waals surface area contributed by atoms with Gasteiger partial charge in [0, 0.05) is 7.11 Å². The van der Waals surface area contributed by atoms with Crippen LogP contribution in [0.25, 0.3) is 10.9 Å². The lowest BCUT2D eigenvalue weighted by molar-refractivity contribution is -0.694. The second-order valence-corrected chi connectivity index (χ2v) is 4.27. The Hall–Kier alpha value is -1.72. The number of nitrogens with zero attached hydrogens (tertiary/aromatic N) is 1. The first-order valence-electron chi connectivity index (χ1n) is 6.03. The molecule has 1 atom stereocenters. The van der Waals surface area contributed by atoms with Crippen molar-refractivity contribution in [3.8, 4) is 0 Å². The van der Waals surface area contributed by atoms with Crippen LogP contribution >= 0.6 is 0 Å². The number of aromatic nitrogens is 2. The third-order valence-electron chi connectivity index (χ3n) is 2.90. The Morgan fingerprint density at radius 1 is 1.44 bits per heavy atom. The Morgan fingerprint density at radius 3 is 3.00 bits per heavy atom. The number of benzene rings is 1. The molecule has 0 bridgehead atoms. The van der Waals surface area contributed by atoms with Crippen molar-refractivity contribution in [2.24, 2.45) is 0 Å². The third-order valence-corrected chi connectivity index (χ3v) is 2.90. The number of ether oxygens (including phenoxy) is 1. The van der Waals surface area contributed by atoms with Crippen molar-refractivity contribution in [3.63, 3.8) is 0 Å². The molecule has 0 unspecified atom stereocenters. The number of rotatable bonds is 5. The smallest absolute Gasteiger partial charge is 0.258 e. The van der Waals surface area contributed by atoms with Gasteiger partial charge in [0.05, 0.1) is 24.1 Å². The highest BCUT2D eigenvalue weighted by atomic mass is 16.5. The number of hydrogen-bond donors (Lipinski definition) is 2. The molecule has 2 rings (SSSR count). The first-order valence-corrected chi connectivity index (χ1v) is 6.03. The van der Waals surface area contributed by atoms with Crippen LogP contribution in [0.5, 0.6) is 0 Å². The third kappa shape index (κ3) is 2.75. The fourth-order valence-electron chi connectivity index (χ4n) is 1.87. The molecule has 0 amide bonds. The zero-order valence-corrected chi connectivity index (χ0v) is 10.6. The number of fused-ring (bicyclic) bond motifs is 1. The molecule has 0 fully saturated rings. The fraction of sp³-hybridized carbons (Fsp3) is 0.385. The summed E-state index contributed by atoms with van der Waals surface area (Å²) in [5.41, 5.74) is 0.658. The summed E-state index contributed by atoms with van der Waals surface area (Å²) in [5, 5.41) is 2.72. The van der Waals surface area contributed by atoms with E-state index in [-0.39, 0.29) is 11.6 Å². The Kier molecular flexibility index (Phi) is 4.07. The minimum absolute atomic E-state index is 0.0809. The van der Waals surface area contributed by atoms with E-state index in [2.05, 4.69) is 15.3 Å². The molecule has 1 heterocycles. The van der Waals surface area contributed by atoms with Crippen molar-refractivity contribution in [2.75, 3.05) is 20.3 Å². The molecule has 3 N–H and O–H groups in total. The lowest BCUT2D eigenvalue weighted by Crippen LogP contribution is -2.85. The van der Waals surface area contributed by atoms with Crippen LogP contribution < -0.4 is 10.9 Å². The van der Waals surface area contributed by atoms with E-state index in [1.165, 1.54) is 0 Å². The molecule has 0 aliphatic rings. The molecule has 2 aromatic rings. The molecule has 1 aromatic heterocycles. The lowest BCUT2D eigenvalue weighted by Gasteiger charge is -2.10. The van der Waals surface area contributed by atoms with Gasteiger partial charge in [0.2, 0.25) is 0 Å². The quantitative estimate of drug-likeness (QED) is 0.742. The van der Waals surface area contributed by atoms with Crippen LogP contribution in [-0.4, -0.2) is 30.2 Å². The van der Waals surface area contributed by atoms with Crippen LogP contribution in [0.4, 0.5) is 0 Å². The van der Waals surface area contributed by atoms with E-state index in [4.69, 9.17) is 4.74 Å². The van der Waals surface area contributed by atoms with Crippen molar-refractivity contribution >= 4 is 10.9 Å². The van der Waals surface area contributed by atoms with Gasteiger partial charge in [-0.15, -0.1) is 0 Å². The highest BCUT2D eigenvalue weighted by Crippen LogP contribution is 2.08. The average molecular weight is 248 g/mol. The molecule has 0 saturated carbocycles. The number of hydrogen-bond acceptors (Lipinski definition) is 3. The average Bonchev–Trinajstić information content (AvgIpc) is 2.39. The van der Waals surface area contributed by atoms with E-state index >= 15 is 0 Å². The summed E-state index contributed by atoms with van der Waals surface area (Å²) in [6.45, 7) is 3.54. The number of aromatic amines is 1. The predicted molar refractivity (Wildman–Crippen MR) is 69.4 cm³/mol. The topological polar surface area (TPSA) is 71.6 Å². The standard InChI is InChI=1S/C13H17N3O2/c1-9(14-7-8-18-2)12-15-11-6-4-3-5-10(11)13(17)16-12/h3-6,9,14H,7-8H2,1-2H3,(H,15,16,17)/p+1/t9-/m0/s1. The monoisotopic (exact) mass is 248 g/mol. The van der Waals surface area contributed by atoms with Crippen LogP contribution in [0.2, 0.25) is 0 Å². The molecular weight excluding hydrogens is 230 g/mol. The molecule has 0 saturated heterocycles. The first-order chi connectivity index (χ1) is 8.72. The molecule has 0 aliphatic heterocycles. The van der Waals surface area contributed by atoms with Crippen LogP contribution in [0.1, 0.15) is 18.8 Å². The Bertz CT molecular complexity index is 580. The minimum atomic E-state index is -0.0809. The van der Waals surface area contributed by atoms with Gasteiger partial charge in [-0.2, -0.15) is 0 Å². The summed E-state index contributed by atoms with van der Waals surface area (Å²) >= 11 is 0. The van der Waals surface area contributed by atoms with E-state index < -0.39 is 0 Å². The maximum absolute atomic E-state index is 11.9. The predicted octanol–water partition coefficient (Wildman–Crippen LogP) is 0.194. The van der Waals surface area contributed by atoms with Crippen molar-refractivity contribution in [2.45, 2.75) is 13.0 Å². The number of para-hydroxylation sites is 1. The van der Waals surface area contributed by atoms with Gasteiger partial charge in [0.1, 0.15) is 6.04 Å². The Balaban J connectivity index is 2.26. The van der Waals surface area contributed by atoms with Gasteiger partial charge in [-0.05, 0) is 19.1 Å². The van der Waals surface area contributed by atoms with Crippen LogP contribution in [0, 0.1) is 0 Å². The van der Waals surface area contributed by atoms with Crippen molar-refractivity contribution < 1.29 is 10.1 Å². The molecule has 96 valence electrons. The summed E-state index contributed by atoms with van der Waals surface area (Å²) in [5.74, 6) is 0.704. The summed E-state index contributed by atoms with van der Waals surface area (Å²) in [6, 6.07) is 7.47. The molecule has 0 radical (unpaired) electrons. The number of quaternary nitrogens is 1. The highest BCUT2D eigenvalue weighted by Gasteiger charge is 2.12. The van der Waals surface area contributed by atoms with Crippen LogP contribution in [0.3, 0.4) is 0 Å². The van der Waals surface area contributed by atoms with Crippen molar-refractivity contribution in [1.82, 2.24) is 9.97 Å².